The number of halogens is 1. The van der Waals surface area contributed by atoms with Gasteiger partial charge in [-0.3, -0.25) is 9.59 Å². The molecule has 0 N–H and O–H groups in total. The number of methoxy groups -OCH3 is 3. The number of carbonyl (C=O) groups excluding carboxylic acids is 3. The van der Waals surface area contributed by atoms with Crippen LogP contribution in [0.2, 0.25) is 5.02 Å². The number of rotatable bonds is 4. The molecule has 8 heteroatoms. The lowest BCUT2D eigenvalue weighted by Crippen LogP contribution is -2.53. The number of carbonyl (C=O) groups is 3. The van der Waals surface area contributed by atoms with Gasteiger partial charge in [0, 0.05) is 41.9 Å². The van der Waals surface area contributed by atoms with E-state index in [-0.39, 0.29) is 46.5 Å². The molecule has 1 spiro atoms. The highest BCUT2D eigenvalue weighted by Gasteiger charge is 2.61. The number of ketones is 2. The van der Waals surface area contributed by atoms with Gasteiger partial charge in [0.25, 0.3) is 0 Å². The predicted molar refractivity (Wildman–Crippen MR) is 132 cm³/mol. The fourth-order valence-corrected chi connectivity index (χ4v) is 5.90. The van der Waals surface area contributed by atoms with Crippen LogP contribution in [0.3, 0.4) is 0 Å². The van der Waals surface area contributed by atoms with Crippen LogP contribution in [0.25, 0.3) is 0 Å². The van der Waals surface area contributed by atoms with E-state index in [1.165, 1.54) is 21.3 Å². The maximum Gasteiger partial charge on any atom is 0.333 e. The van der Waals surface area contributed by atoms with Gasteiger partial charge < -0.3 is 18.9 Å². The average molecular weight is 509 g/mol. The fourth-order valence-electron chi connectivity index (χ4n) is 5.64. The van der Waals surface area contributed by atoms with E-state index in [1.807, 2.05) is 30.3 Å². The molecule has 1 unspecified atom stereocenters. The average Bonchev–Trinajstić information content (AvgIpc) is 3.21. The third-order valence-electron chi connectivity index (χ3n) is 7.33. The number of hydrogen-bond donors (Lipinski definition) is 0. The fraction of sp³-hybridized carbons (Fsp3) is 0.321. The van der Waals surface area contributed by atoms with Crippen molar-refractivity contribution in [3.63, 3.8) is 0 Å². The maximum atomic E-state index is 14.3. The smallest absolute Gasteiger partial charge is 0.333 e. The number of allylic oxidation sites excluding steroid dienone is 2. The van der Waals surface area contributed by atoms with Gasteiger partial charge in [0.05, 0.1) is 21.3 Å². The van der Waals surface area contributed by atoms with E-state index in [4.69, 9.17) is 30.5 Å². The van der Waals surface area contributed by atoms with E-state index in [1.54, 1.807) is 19.1 Å². The summed E-state index contributed by atoms with van der Waals surface area (Å²) >= 11 is 6.60. The van der Waals surface area contributed by atoms with Gasteiger partial charge in [-0.2, -0.15) is 0 Å². The molecule has 0 radical (unpaired) electrons. The van der Waals surface area contributed by atoms with Crippen molar-refractivity contribution in [2.24, 2.45) is 5.92 Å². The van der Waals surface area contributed by atoms with Crippen LogP contribution in [-0.4, -0.2) is 44.5 Å². The van der Waals surface area contributed by atoms with Crippen LogP contribution in [0.15, 0.2) is 59.2 Å². The molecule has 3 atom stereocenters. The Morgan fingerprint density at radius 2 is 1.78 bits per heavy atom. The minimum absolute atomic E-state index is 0.0399. The first-order valence-electron chi connectivity index (χ1n) is 11.6. The highest BCUT2D eigenvalue weighted by atomic mass is 35.5. The Hall–Kier alpha value is -3.58. The van der Waals surface area contributed by atoms with Crippen LogP contribution in [0.1, 0.15) is 41.6 Å². The highest BCUT2D eigenvalue weighted by Crippen LogP contribution is 2.58. The Balaban J connectivity index is 1.77. The number of benzene rings is 2. The first kappa shape index (κ1) is 24.1. The third-order valence-corrected chi connectivity index (χ3v) is 7.69. The number of Topliss-reactive ketones (excluding diaryl/α,β-unsaturated/α-hetero) is 2. The Bertz CT molecular complexity index is 1360. The van der Waals surface area contributed by atoms with Gasteiger partial charge in [0.15, 0.2) is 17.1 Å². The van der Waals surface area contributed by atoms with Gasteiger partial charge >= 0.3 is 5.97 Å². The van der Waals surface area contributed by atoms with E-state index in [9.17, 15) is 14.4 Å². The third kappa shape index (κ3) is 3.29. The summed E-state index contributed by atoms with van der Waals surface area (Å²) in [5, 5.41) is 0.143. The molecular formula is C28H25ClO7. The molecule has 36 heavy (non-hydrogen) atoms. The number of fused-ring (bicyclic) bond motifs is 2. The standard InChI is InChI=1S/C28H25ClO7/c1-14-10-19(30)22-17(15-8-6-5-7-9-15)11-16(27(32)35-4)12-18(22)28(14)26(31)23-20(33-2)13-21(34-3)24(29)25(23)36-28/h5-9,11,13-14,17H,10,12H2,1-4H3/t14-,17?,28+/m1/s1. The summed E-state index contributed by atoms with van der Waals surface area (Å²) in [6.07, 6.45) is 1.89. The normalized spacial score (nSPS) is 24.6. The molecule has 0 saturated heterocycles. The molecular weight excluding hydrogens is 484 g/mol. The molecule has 5 rings (SSSR count). The van der Waals surface area contributed by atoms with Gasteiger partial charge in [0.2, 0.25) is 5.78 Å². The minimum atomic E-state index is -1.53. The topological polar surface area (TPSA) is 88.1 Å². The Morgan fingerprint density at radius 3 is 2.42 bits per heavy atom. The Kier molecular flexibility index (Phi) is 5.91. The van der Waals surface area contributed by atoms with Crippen molar-refractivity contribution in [1.82, 2.24) is 0 Å². The molecule has 2 aromatic carbocycles. The molecule has 0 amide bonds. The van der Waals surface area contributed by atoms with E-state index in [0.29, 0.717) is 22.5 Å². The summed E-state index contributed by atoms with van der Waals surface area (Å²) in [5.41, 5.74) is 0.770. The van der Waals surface area contributed by atoms with Crippen LogP contribution in [0.4, 0.5) is 0 Å². The van der Waals surface area contributed by atoms with Crippen molar-refractivity contribution in [2.75, 3.05) is 21.3 Å². The van der Waals surface area contributed by atoms with Crippen LogP contribution >= 0.6 is 11.6 Å². The number of hydrogen-bond acceptors (Lipinski definition) is 7. The lowest BCUT2D eigenvalue weighted by molar-refractivity contribution is -0.136. The highest BCUT2D eigenvalue weighted by molar-refractivity contribution is 6.35. The summed E-state index contributed by atoms with van der Waals surface area (Å²) in [7, 11) is 4.21. The lowest BCUT2D eigenvalue weighted by atomic mass is 9.62. The molecule has 3 aliphatic rings. The molecule has 1 heterocycles. The van der Waals surface area contributed by atoms with Crippen LogP contribution in [0, 0.1) is 5.92 Å². The van der Waals surface area contributed by atoms with Crippen LogP contribution in [0.5, 0.6) is 17.2 Å². The quantitative estimate of drug-likeness (QED) is 0.545. The first-order chi connectivity index (χ1) is 17.3. The monoisotopic (exact) mass is 508 g/mol. The van der Waals surface area contributed by atoms with Gasteiger partial charge in [-0.05, 0) is 11.1 Å². The molecule has 2 aromatic rings. The lowest BCUT2D eigenvalue weighted by Gasteiger charge is -2.43. The minimum Gasteiger partial charge on any atom is -0.496 e. The number of ether oxygens (including phenoxy) is 4. The van der Waals surface area contributed by atoms with Crippen molar-refractivity contribution in [1.29, 1.82) is 0 Å². The zero-order valence-corrected chi connectivity index (χ0v) is 21.1. The molecule has 7 nitrogen and oxygen atoms in total. The Morgan fingerprint density at radius 1 is 1.08 bits per heavy atom. The number of esters is 1. The van der Waals surface area contributed by atoms with E-state index in [0.717, 1.165) is 5.56 Å². The van der Waals surface area contributed by atoms with Gasteiger partial charge in [-0.15, -0.1) is 0 Å². The molecule has 0 saturated carbocycles. The van der Waals surface area contributed by atoms with Crippen molar-refractivity contribution in [2.45, 2.75) is 31.3 Å². The van der Waals surface area contributed by atoms with Crippen molar-refractivity contribution in [3.8, 4) is 17.2 Å². The molecule has 2 aliphatic carbocycles. The van der Waals surface area contributed by atoms with E-state index < -0.39 is 23.4 Å². The second kappa shape index (κ2) is 8.82. The van der Waals surface area contributed by atoms with E-state index in [2.05, 4.69) is 0 Å². The van der Waals surface area contributed by atoms with Gasteiger partial charge in [-0.25, -0.2) is 4.79 Å². The molecule has 1 aliphatic heterocycles. The molecule has 186 valence electrons. The first-order valence-corrected chi connectivity index (χ1v) is 11.9. The molecule has 0 aromatic heterocycles. The molecule has 0 fully saturated rings. The second-order valence-electron chi connectivity index (χ2n) is 9.14. The van der Waals surface area contributed by atoms with Crippen molar-refractivity contribution in [3.05, 3.63) is 75.3 Å². The summed E-state index contributed by atoms with van der Waals surface area (Å²) in [6.45, 7) is 1.80. The summed E-state index contributed by atoms with van der Waals surface area (Å²) in [5.74, 6) is -1.31. The largest absolute Gasteiger partial charge is 0.496 e. The summed E-state index contributed by atoms with van der Waals surface area (Å²) < 4.78 is 22.4. The zero-order valence-electron chi connectivity index (χ0n) is 20.3. The predicted octanol–water partition coefficient (Wildman–Crippen LogP) is 4.86. The van der Waals surface area contributed by atoms with Gasteiger partial charge in [0.1, 0.15) is 22.1 Å². The summed E-state index contributed by atoms with van der Waals surface area (Å²) in [4.78, 5) is 40.6. The van der Waals surface area contributed by atoms with Crippen LogP contribution in [-0.2, 0) is 14.3 Å². The van der Waals surface area contributed by atoms with Crippen LogP contribution < -0.4 is 14.2 Å². The zero-order chi connectivity index (χ0) is 25.8. The summed E-state index contributed by atoms with van der Waals surface area (Å²) in [6, 6.07) is 10.9. The van der Waals surface area contributed by atoms with Crippen molar-refractivity contribution >= 4 is 29.1 Å². The van der Waals surface area contributed by atoms with Gasteiger partial charge in [-0.1, -0.05) is 54.9 Å². The van der Waals surface area contributed by atoms with Crippen molar-refractivity contribution < 1.29 is 33.3 Å². The van der Waals surface area contributed by atoms with E-state index >= 15 is 0 Å². The maximum absolute atomic E-state index is 14.3. The molecule has 0 bridgehead atoms. The SMILES string of the molecule is COC(=O)C1=CC(c2ccccc2)C2=C(C1)[C@@]1(Oc3c(Cl)c(OC)cc(OC)c3C1=O)[C@H](C)CC2=O. The Labute approximate surface area is 213 Å². The second-order valence-corrected chi connectivity index (χ2v) is 9.51.